The number of aryl methyl sites for hydroxylation is 2. The number of thiol groups is 1. The fraction of sp³-hybridized carbons (Fsp3) is 0.273. The Hall–Kier alpha value is -0.470. The van der Waals surface area contributed by atoms with Crippen LogP contribution in [0.5, 0.6) is 0 Å². The molecule has 0 spiro atoms. The second-order valence-corrected chi connectivity index (χ2v) is 4.81. The van der Waals surface area contributed by atoms with E-state index in [2.05, 4.69) is 44.7 Å². The van der Waals surface area contributed by atoms with Gasteiger partial charge in [0.15, 0.2) is 0 Å². The van der Waals surface area contributed by atoms with Crippen LogP contribution in [0.1, 0.15) is 17.4 Å². The van der Waals surface area contributed by atoms with E-state index in [1.54, 1.807) is 0 Å². The smallest absolute Gasteiger partial charge is 0.0357 e. The molecule has 1 aromatic carbocycles. The molecule has 2 heteroatoms. The van der Waals surface area contributed by atoms with Crippen molar-refractivity contribution in [1.82, 2.24) is 0 Å². The number of thiophene rings is 1. The maximum absolute atomic E-state index is 4.55. The van der Waals surface area contributed by atoms with E-state index in [1.807, 2.05) is 11.3 Å². The standard InChI is InChI=1S/C11H12S2/c1-3-9-11(12)8-6-7(2)4-5-10(8)13-9/h4-6,12H,3H2,1-2H3. The van der Waals surface area contributed by atoms with Gasteiger partial charge in [-0.15, -0.1) is 24.0 Å². The van der Waals surface area contributed by atoms with Crippen LogP contribution in [0, 0.1) is 6.92 Å². The SMILES string of the molecule is CCc1sc2ccc(C)cc2c1S. The summed E-state index contributed by atoms with van der Waals surface area (Å²) < 4.78 is 1.35. The van der Waals surface area contributed by atoms with Crippen LogP contribution in [-0.4, -0.2) is 0 Å². The molecular formula is C11H12S2. The quantitative estimate of drug-likeness (QED) is 0.671. The van der Waals surface area contributed by atoms with Crippen molar-refractivity contribution in [2.24, 2.45) is 0 Å². The van der Waals surface area contributed by atoms with Crippen molar-refractivity contribution in [3.63, 3.8) is 0 Å². The molecule has 0 amide bonds. The molecule has 0 aliphatic carbocycles. The summed E-state index contributed by atoms with van der Waals surface area (Å²) in [5, 5.41) is 1.31. The maximum atomic E-state index is 4.55. The van der Waals surface area contributed by atoms with Gasteiger partial charge in [-0.3, -0.25) is 0 Å². The highest BCUT2D eigenvalue weighted by molar-refractivity contribution is 7.80. The highest BCUT2D eigenvalue weighted by Gasteiger charge is 2.06. The van der Waals surface area contributed by atoms with Gasteiger partial charge in [-0.2, -0.15) is 0 Å². The van der Waals surface area contributed by atoms with Crippen LogP contribution in [0.2, 0.25) is 0 Å². The van der Waals surface area contributed by atoms with Crippen LogP contribution >= 0.6 is 24.0 Å². The largest absolute Gasteiger partial charge is 0.142 e. The molecule has 2 rings (SSSR count). The van der Waals surface area contributed by atoms with E-state index in [0.717, 1.165) is 6.42 Å². The van der Waals surface area contributed by atoms with Gasteiger partial charge in [0.25, 0.3) is 0 Å². The predicted octanol–water partition coefficient (Wildman–Crippen LogP) is 4.06. The Labute approximate surface area is 88.0 Å². The lowest BCUT2D eigenvalue weighted by molar-refractivity contribution is 1.15. The van der Waals surface area contributed by atoms with E-state index in [9.17, 15) is 0 Å². The summed E-state index contributed by atoms with van der Waals surface area (Å²) in [4.78, 5) is 2.56. The van der Waals surface area contributed by atoms with E-state index in [-0.39, 0.29) is 0 Å². The Balaban J connectivity index is 2.77. The third-order valence-electron chi connectivity index (χ3n) is 2.21. The molecule has 2 aromatic rings. The van der Waals surface area contributed by atoms with Gasteiger partial charge in [0.05, 0.1) is 0 Å². The third-order valence-corrected chi connectivity index (χ3v) is 4.19. The lowest BCUT2D eigenvalue weighted by Gasteiger charge is -1.93. The lowest BCUT2D eigenvalue weighted by Crippen LogP contribution is -1.73. The molecule has 0 saturated heterocycles. The number of benzene rings is 1. The number of fused-ring (bicyclic) bond motifs is 1. The summed E-state index contributed by atoms with van der Waals surface area (Å²) in [5.41, 5.74) is 1.31. The fourth-order valence-corrected chi connectivity index (χ4v) is 3.07. The molecule has 13 heavy (non-hydrogen) atoms. The molecule has 1 heterocycles. The van der Waals surface area contributed by atoms with E-state index in [1.165, 1.54) is 25.4 Å². The zero-order valence-corrected chi connectivity index (χ0v) is 9.51. The third kappa shape index (κ3) is 1.49. The molecule has 68 valence electrons. The van der Waals surface area contributed by atoms with Gasteiger partial charge in [0.1, 0.15) is 0 Å². The Kier molecular flexibility index (Phi) is 2.35. The Morgan fingerprint density at radius 2 is 2.15 bits per heavy atom. The molecule has 0 unspecified atom stereocenters. The highest BCUT2D eigenvalue weighted by Crippen LogP contribution is 2.34. The first-order valence-electron chi connectivity index (χ1n) is 4.43. The first kappa shape index (κ1) is 9.10. The zero-order chi connectivity index (χ0) is 9.42. The number of hydrogen-bond acceptors (Lipinski definition) is 2. The first-order chi connectivity index (χ1) is 6.22. The van der Waals surface area contributed by atoms with E-state index in [4.69, 9.17) is 0 Å². The molecular weight excluding hydrogens is 196 g/mol. The molecule has 0 aliphatic heterocycles. The topological polar surface area (TPSA) is 0 Å². The van der Waals surface area contributed by atoms with Crippen molar-refractivity contribution in [2.45, 2.75) is 25.2 Å². The molecule has 0 fully saturated rings. The van der Waals surface area contributed by atoms with Crippen molar-refractivity contribution in [3.05, 3.63) is 28.6 Å². The Morgan fingerprint density at radius 3 is 2.85 bits per heavy atom. The Bertz CT molecular complexity index is 441. The fourth-order valence-electron chi connectivity index (χ4n) is 1.49. The predicted molar refractivity (Wildman–Crippen MR) is 63.2 cm³/mol. The van der Waals surface area contributed by atoms with Crippen LogP contribution in [0.3, 0.4) is 0 Å². The molecule has 0 aliphatic rings. The summed E-state index contributed by atoms with van der Waals surface area (Å²) in [7, 11) is 0. The average Bonchev–Trinajstić information content (AvgIpc) is 2.44. The van der Waals surface area contributed by atoms with Crippen molar-refractivity contribution in [3.8, 4) is 0 Å². The van der Waals surface area contributed by atoms with E-state index >= 15 is 0 Å². The van der Waals surface area contributed by atoms with Gasteiger partial charge < -0.3 is 0 Å². The molecule has 0 saturated carbocycles. The average molecular weight is 208 g/mol. The van der Waals surface area contributed by atoms with E-state index in [0.29, 0.717) is 0 Å². The van der Waals surface area contributed by atoms with Gasteiger partial charge in [-0.1, -0.05) is 18.6 Å². The van der Waals surface area contributed by atoms with Crippen LogP contribution in [0.15, 0.2) is 23.1 Å². The van der Waals surface area contributed by atoms with Gasteiger partial charge >= 0.3 is 0 Å². The van der Waals surface area contributed by atoms with Gasteiger partial charge in [-0.25, -0.2) is 0 Å². The van der Waals surface area contributed by atoms with Crippen molar-refractivity contribution in [1.29, 1.82) is 0 Å². The molecule has 0 atom stereocenters. The van der Waals surface area contributed by atoms with Gasteiger partial charge in [0.2, 0.25) is 0 Å². The number of rotatable bonds is 1. The normalized spacial score (nSPS) is 11.0. The number of hydrogen-bond donors (Lipinski definition) is 1. The second-order valence-electron chi connectivity index (χ2n) is 3.23. The summed E-state index contributed by atoms with van der Waals surface area (Å²) in [6.07, 6.45) is 1.08. The molecule has 0 nitrogen and oxygen atoms in total. The monoisotopic (exact) mass is 208 g/mol. The first-order valence-corrected chi connectivity index (χ1v) is 5.69. The Morgan fingerprint density at radius 1 is 1.38 bits per heavy atom. The van der Waals surface area contributed by atoms with Crippen LogP contribution in [0.4, 0.5) is 0 Å². The van der Waals surface area contributed by atoms with Crippen LogP contribution in [-0.2, 0) is 6.42 Å². The van der Waals surface area contributed by atoms with Crippen LogP contribution < -0.4 is 0 Å². The summed E-state index contributed by atoms with van der Waals surface area (Å²) in [6.45, 7) is 4.30. The summed E-state index contributed by atoms with van der Waals surface area (Å²) in [5.74, 6) is 0. The van der Waals surface area contributed by atoms with E-state index < -0.39 is 0 Å². The van der Waals surface area contributed by atoms with Crippen molar-refractivity contribution in [2.75, 3.05) is 0 Å². The minimum Gasteiger partial charge on any atom is -0.142 e. The highest BCUT2D eigenvalue weighted by atomic mass is 32.1. The minimum atomic E-state index is 1.08. The lowest BCUT2D eigenvalue weighted by atomic mass is 10.2. The van der Waals surface area contributed by atoms with Crippen molar-refractivity contribution >= 4 is 34.1 Å². The molecule has 1 aromatic heterocycles. The van der Waals surface area contributed by atoms with Gasteiger partial charge in [0, 0.05) is 19.9 Å². The molecule has 0 radical (unpaired) electrons. The van der Waals surface area contributed by atoms with Crippen LogP contribution in [0.25, 0.3) is 10.1 Å². The summed E-state index contributed by atoms with van der Waals surface area (Å²) in [6, 6.07) is 6.56. The molecule has 0 N–H and O–H groups in total. The zero-order valence-electron chi connectivity index (χ0n) is 7.79. The minimum absolute atomic E-state index is 1.08. The van der Waals surface area contributed by atoms with Gasteiger partial charge in [-0.05, 0) is 25.5 Å². The molecule has 0 bridgehead atoms. The summed E-state index contributed by atoms with van der Waals surface area (Å²) >= 11 is 6.41. The second kappa shape index (κ2) is 3.35. The van der Waals surface area contributed by atoms with Crippen molar-refractivity contribution < 1.29 is 0 Å². The maximum Gasteiger partial charge on any atom is 0.0357 e.